The standard InChI is InChI=1S/C14H24N2/c1-3-8-16-9-13(11-4-5-11)15-10-14(16,2)12-6-7-12/h3,11-13,15H,1,4-10H2,2H3. The lowest BCUT2D eigenvalue weighted by Crippen LogP contribution is -2.64. The number of nitrogens with one attached hydrogen (secondary N) is 1. The first kappa shape index (κ1) is 10.8. The molecule has 3 aliphatic rings. The number of piperazine rings is 1. The lowest BCUT2D eigenvalue weighted by molar-refractivity contribution is 0.0412. The molecule has 2 atom stereocenters. The van der Waals surface area contributed by atoms with Gasteiger partial charge in [0.1, 0.15) is 0 Å². The molecule has 0 bridgehead atoms. The van der Waals surface area contributed by atoms with Crippen LogP contribution in [0.5, 0.6) is 0 Å². The van der Waals surface area contributed by atoms with E-state index in [4.69, 9.17) is 0 Å². The van der Waals surface area contributed by atoms with Gasteiger partial charge < -0.3 is 5.32 Å². The van der Waals surface area contributed by atoms with E-state index in [1.807, 2.05) is 0 Å². The molecule has 0 spiro atoms. The number of nitrogens with zero attached hydrogens (tertiary/aromatic N) is 1. The normalized spacial score (nSPS) is 40.9. The SMILES string of the molecule is C=CCN1CC(C2CC2)NCC1(C)C1CC1. The predicted octanol–water partition coefficient (Wildman–Crippen LogP) is 2.02. The summed E-state index contributed by atoms with van der Waals surface area (Å²) in [5.74, 6) is 1.90. The Labute approximate surface area is 99.1 Å². The molecule has 0 amide bonds. The number of rotatable bonds is 4. The zero-order valence-corrected chi connectivity index (χ0v) is 10.4. The Hall–Kier alpha value is -0.340. The topological polar surface area (TPSA) is 15.3 Å². The predicted molar refractivity (Wildman–Crippen MR) is 67.4 cm³/mol. The molecule has 0 radical (unpaired) electrons. The van der Waals surface area contributed by atoms with Crippen molar-refractivity contribution in [2.75, 3.05) is 19.6 Å². The molecule has 3 rings (SSSR count). The molecular formula is C14H24N2. The first-order chi connectivity index (χ1) is 7.74. The Morgan fingerprint density at radius 2 is 2.12 bits per heavy atom. The summed E-state index contributed by atoms with van der Waals surface area (Å²) in [7, 11) is 0. The van der Waals surface area contributed by atoms with E-state index in [1.54, 1.807) is 0 Å². The zero-order chi connectivity index (χ0) is 11.2. The van der Waals surface area contributed by atoms with Crippen molar-refractivity contribution >= 4 is 0 Å². The van der Waals surface area contributed by atoms with E-state index < -0.39 is 0 Å². The third-order valence-electron chi connectivity index (χ3n) is 4.86. The van der Waals surface area contributed by atoms with Gasteiger partial charge in [0.05, 0.1) is 0 Å². The fraction of sp³-hybridized carbons (Fsp3) is 0.857. The van der Waals surface area contributed by atoms with E-state index >= 15 is 0 Å². The molecule has 16 heavy (non-hydrogen) atoms. The molecule has 2 nitrogen and oxygen atoms in total. The largest absolute Gasteiger partial charge is 0.311 e. The molecule has 3 fully saturated rings. The summed E-state index contributed by atoms with van der Waals surface area (Å²) in [6.45, 7) is 9.87. The molecular weight excluding hydrogens is 196 g/mol. The first-order valence-electron chi connectivity index (χ1n) is 6.83. The number of hydrogen-bond acceptors (Lipinski definition) is 2. The summed E-state index contributed by atoms with van der Waals surface area (Å²) in [6, 6.07) is 0.756. The highest BCUT2D eigenvalue weighted by molar-refractivity contribution is 5.07. The Bertz CT molecular complexity index is 280. The van der Waals surface area contributed by atoms with Gasteiger partial charge in [0.2, 0.25) is 0 Å². The van der Waals surface area contributed by atoms with Gasteiger partial charge in [0.15, 0.2) is 0 Å². The second kappa shape index (κ2) is 3.85. The summed E-state index contributed by atoms with van der Waals surface area (Å²) in [4.78, 5) is 2.69. The molecule has 2 saturated carbocycles. The first-order valence-corrected chi connectivity index (χ1v) is 6.83. The van der Waals surface area contributed by atoms with Crippen LogP contribution in [0.4, 0.5) is 0 Å². The van der Waals surface area contributed by atoms with E-state index in [2.05, 4.69) is 29.8 Å². The van der Waals surface area contributed by atoms with Crippen LogP contribution in [0.15, 0.2) is 12.7 Å². The quantitative estimate of drug-likeness (QED) is 0.729. The maximum absolute atomic E-state index is 3.92. The molecule has 0 aromatic carbocycles. The molecule has 1 heterocycles. The van der Waals surface area contributed by atoms with Crippen LogP contribution in [0.2, 0.25) is 0 Å². The molecule has 2 aliphatic carbocycles. The summed E-state index contributed by atoms with van der Waals surface area (Å²) < 4.78 is 0. The van der Waals surface area contributed by atoms with Gasteiger partial charge in [-0.25, -0.2) is 0 Å². The Kier molecular flexibility index (Phi) is 2.60. The van der Waals surface area contributed by atoms with E-state index in [1.165, 1.54) is 38.8 Å². The lowest BCUT2D eigenvalue weighted by Gasteiger charge is -2.48. The summed E-state index contributed by atoms with van der Waals surface area (Å²) >= 11 is 0. The van der Waals surface area contributed by atoms with Crippen molar-refractivity contribution in [1.82, 2.24) is 10.2 Å². The van der Waals surface area contributed by atoms with Crippen molar-refractivity contribution in [1.29, 1.82) is 0 Å². The Balaban J connectivity index is 1.71. The molecule has 1 aliphatic heterocycles. The smallest absolute Gasteiger partial charge is 0.0337 e. The summed E-state index contributed by atoms with van der Waals surface area (Å²) in [5.41, 5.74) is 0.402. The fourth-order valence-corrected chi connectivity index (χ4v) is 3.32. The van der Waals surface area contributed by atoms with Crippen LogP contribution < -0.4 is 5.32 Å². The lowest BCUT2D eigenvalue weighted by atomic mass is 9.88. The van der Waals surface area contributed by atoms with Crippen LogP contribution in [0.3, 0.4) is 0 Å². The molecule has 90 valence electrons. The van der Waals surface area contributed by atoms with Crippen molar-refractivity contribution < 1.29 is 0 Å². The summed E-state index contributed by atoms with van der Waals surface area (Å²) in [6.07, 6.45) is 7.83. The Morgan fingerprint density at radius 1 is 1.38 bits per heavy atom. The highest BCUT2D eigenvalue weighted by atomic mass is 15.3. The second-order valence-electron chi connectivity index (χ2n) is 6.15. The molecule has 0 aromatic rings. The van der Waals surface area contributed by atoms with E-state index in [0.29, 0.717) is 5.54 Å². The van der Waals surface area contributed by atoms with Crippen LogP contribution in [0, 0.1) is 11.8 Å². The van der Waals surface area contributed by atoms with Gasteiger partial charge in [-0.2, -0.15) is 0 Å². The van der Waals surface area contributed by atoms with Crippen molar-refractivity contribution in [3.05, 3.63) is 12.7 Å². The highest BCUT2D eigenvalue weighted by Crippen LogP contribution is 2.45. The molecule has 1 N–H and O–H groups in total. The van der Waals surface area contributed by atoms with Crippen LogP contribution >= 0.6 is 0 Å². The van der Waals surface area contributed by atoms with Crippen molar-refractivity contribution in [3.8, 4) is 0 Å². The van der Waals surface area contributed by atoms with Crippen molar-refractivity contribution in [2.24, 2.45) is 11.8 Å². The van der Waals surface area contributed by atoms with Crippen LogP contribution in [0.1, 0.15) is 32.6 Å². The van der Waals surface area contributed by atoms with Crippen LogP contribution in [0.25, 0.3) is 0 Å². The minimum atomic E-state index is 0.402. The van der Waals surface area contributed by atoms with Gasteiger partial charge >= 0.3 is 0 Å². The van der Waals surface area contributed by atoms with Gasteiger partial charge in [-0.05, 0) is 44.4 Å². The highest BCUT2D eigenvalue weighted by Gasteiger charge is 2.49. The van der Waals surface area contributed by atoms with Gasteiger partial charge in [0.25, 0.3) is 0 Å². The monoisotopic (exact) mass is 220 g/mol. The summed E-state index contributed by atoms with van der Waals surface area (Å²) in [5, 5.41) is 3.81. The van der Waals surface area contributed by atoms with Crippen molar-refractivity contribution in [2.45, 2.75) is 44.2 Å². The molecule has 2 heteroatoms. The van der Waals surface area contributed by atoms with Gasteiger partial charge in [-0.1, -0.05) is 6.08 Å². The average Bonchev–Trinajstić information content (AvgIpc) is 3.15. The molecule has 2 unspecified atom stereocenters. The number of hydrogen-bond donors (Lipinski definition) is 1. The van der Waals surface area contributed by atoms with Crippen molar-refractivity contribution in [3.63, 3.8) is 0 Å². The van der Waals surface area contributed by atoms with E-state index in [9.17, 15) is 0 Å². The van der Waals surface area contributed by atoms with Crippen LogP contribution in [-0.2, 0) is 0 Å². The second-order valence-corrected chi connectivity index (χ2v) is 6.15. The maximum atomic E-state index is 3.92. The molecule has 0 aromatic heterocycles. The molecule has 1 saturated heterocycles. The van der Waals surface area contributed by atoms with Gasteiger partial charge in [-0.15, -0.1) is 6.58 Å². The minimum Gasteiger partial charge on any atom is -0.311 e. The third-order valence-corrected chi connectivity index (χ3v) is 4.86. The van der Waals surface area contributed by atoms with Crippen LogP contribution in [-0.4, -0.2) is 36.1 Å². The van der Waals surface area contributed by atoms with E-state index in [-0.39, 0.29) is 0 Å². The van der Waals surface area contributed by atoms with E-state index in [0.717, 1.165) is 24.4 Å². The Morgan fingerprint density at radius 3 is 2.69 bits per heavy atom. The fourth-order valence-electron chi connectivity index (χ4n) is 3.32. The average molecular weight is 220 g/mol. The third kappa shape index (κ3) is 1.82. The zero-order valence-electron chi connectivity index (χ0n) is 10.4. The minimum absolute atomic E-state index is 0.402. The van der Waals surface area contributed by atoms with Gasteiger partial charge in [0, 0.05) is 31.2 Å². The van der Waals surface area contributed by atoms with Gasteiger partial charge in [-0.3, -0.25) is 4.90 Å². The maximum Gasteiger partial charge on any atom is 0.0337 e.